The highest BCUT2D eigenvalue weighted by Crippen LogP contribution is 2.35. The van der Waals surface area contributed by atoms with Crippen molar-refractivity contribution < 1.29 is 9.59 Å². The highest BCUT2D eigenvalue weighted by atomic mass is 79.9. The first-order chi connectivity index (χ1) is 11.1. The van der Waals surface area contributed by atoms with Gasteiger partial charge in [-0.05, 0) is 55.1 Å². The average Bonchev–Trinajstić information content (AvgIpc) is 2.85. The Balaban J connectivity index is 1.90. The molecule has 1 aliphatic rings. The second-order valence-electron chi connectivity index (χ2n) is 5.01. The number of imide groups is 1. The molecule has 0 unspecified atom stereocenters. The van der Waals surface area contributed by atoms with Gasteiger partial charge in [0.25, 0.3) is 11.1 Å². The molecule has 2 aromatic rings. The van der Waals surface area contributed by atoms with E-state index >= 15 is 0 Å². The third-order valence-electron chi connectivity index (χ3n) is 3.62. The Morgan fingerprint density at radius 1 is 1.09 bits per heavy atom. The molecule has 1 atom stereocenters. The van der Waals surface area contributed by atoms with E-state index in [1.165, 1.54) is 4.90 Å². The highest BCUT2D eigenvalue weighted by Gasteiger charge is 2.43. The predicted molar refractivity (Wildman–Crippen MR) is 97.9 cm³/mol. The van der Waals surface area contributed by atoms with Crippen molar-refractivity contribution in [2.24, 2.45) is 0 Å². The summed E-state index contributed by atoms with van der Waals surface area (Å²) in [6.07, 6.45) is 0. The number of hydrogen-bond acceptors (Lipinski definition) is 4. The second-order valence-corrected chi connectivity index (χ2v) is 6.95. The molecule has 0 aliphatic carbocycles. The minimum absolute atomic E-state index is 0.201. The van der Waals surface area contributed by atoms with E-state index in [4.69, 9.17) is 0 Å². The predicted octanol–water partition coefficient (Wildman–Crippen LogP) is 4.50. The number of likely N-dealkylation sites (N-methyl/N-ethyl adjacent to an activating group) is 1. The van der Waals surface area contributed by atoms with Crippen LogP contribution in [0.5, 0.6) is 0 Å². The first kappa shape index (κ1) is 16.1. The number of amides is 2. The topological polar surface area (TPSA) is 40.6 Å². The summed E-state index contributed by atoms with van der Waals surface area (Å²) in [6, 6.07) is 16.9. The van der Waals surface area contributed by atoms with Crippen LogP contribution >= 0.6 is 27.7 Å². The Morgan fingerprint density at radius 3 is 2.35 bits per heavy atom. The number of benzene rings is 2. The molecular formula is C17H15BrN2O2S. The lowest BCUT2D eigenvalue weighted by Gasteiger charge is -2.27. The Hall–Kier alpha value is -1.79. The molecule has 4 nitrogen and oxygen atoms in total. The minimum Gasteiger partial charge on any atom is -0.351 e. The van der Waals surface area contributed by atoms with Crippen molar-refractivity contribution in [1.29, 1.82) is 0 Å². The Labute approximate surface area is 147 Å². The molecule has 3 rings (SSSR count). The van der Waals surface area contributed by atoms with E-state index in [2.05, 4.69) is 15.9 Å². The van der Waals surface area contributed by atoms with Crippen LogP contribution in [0.15, 0.2) is 59.1 Å². The zero-order chi connectivity index (χ0) is 16.4. The number of hydrogen-bond donors (Lipinski definition) is 0. The number of anilines is 2. The summed E-state index contributed by atoms with van der Waals surface area (Å²) in [4.78, 5) is 28.4. The molecule has 2 amide bonds. The van der Waals surface area contributed by atoms with Gasteiger partial charge in [-0.2, -0.15) is 0 Å². The van der Waals surface area contributed by atoms with Gasteiger partial charge < -0.3 is 4.90 Å². The van der Waals surface area contributed by atoms with E-state index < -0.39 is 5.37 Å². The van der Waals surface area contributed by atoms with E-state index in [0.717, 1.165) is 21.9 Å². The number of carbonyl (C=O) groups is 2. The number of para-hydroxylation sites is 1. The normalized spacial score (nSPS) is 17.7. The van der Waals surface area contributed by atoms with Gasteiger partial charge in [0.2, 0.25) is 0 Å². The lowest BCUT2D eigenvalue weighted by atomic mass is 10.2. The fraction of sp³-hybridized carbons (Fsp3) is 0.176. The fourth-order valence-electron chi connectivity index (χ4n) is 2.52. The molecule has 1 fully saturated rings. The summed E-state index contributed by atoms with van der Waals surface area (Å²) in [5.74, 6) is -0.201. The summed E-state index contributed by atoms with van der Waals surface area (Å²) in [5, 5.41) is -0.768. The molecule has 0 bridgehead atoms. The van der Waals surface area contributed by atoms with Gasteiger partial charge >= 0.3 is 0 Å². The van der Waals surface area contributed by atoms with Crippen molar-refractivity contribution in [2.75, 3.05) is 16.3 Å². The van der Waals surface area contributed by atoms with Gasteiger partial charge in [0.1, 0.15) is 0 Å². The molecule has 0 N–H and O–H groups in total. The van der Waals surface area contributed by atoms with Crippen LogP contribution in [0.1, 0.15) is 6.92 Å². The SMILES string of the molecule is CCN(c1ccccc1)[C@H]1SC(=O)N(c2ccc(Br)cc2)C1=O. The molecule has 1 saturated heterocycles. The number of rotatable bonds is 4. The van der Waals surface area contributed by atoms with E-state index in [-0.39, 0.29) is 11.1 Å². The molecule has 0 aromatic heterocycles. The molecule has 1 aliphatic heterocycles. The van der Waals surface area contributed by atoms with E-state index in [1.54, 1.807) is 12.1 Å². The van der Waals surface area contributed by atoms with Crippen LogP contribution in [-0.4, -0.2) is 23.1 Å². The van der Waals surface area contributed by atoms with Gasteiger partial charge in [0.05, 0.1) is 5.69 Å². The molecule has 0 radical (unpaired) electrons. The molecule has 1 heterocycles. The number of carbonyl (C=O) groups excluding carboxylic acids is 2. The molecule has 2 aromatic carbocycles. The van der Waals surface area contributed by atoms with Gasteiger partial charge in [-0.25, -0.2) is 4.90 Å². The van der Waals surface area contributed by atoms with E-state index in [0.29, 0.717) is 12.2 Å². The van der Waals surface area contributed by atoms with E-state index in [1.807, 2.05) is 54.3 Å². The largest absolute Gasteiger partial charge is 0.351 e. The molecule has 118 valence electrons. The maximum Gasteiger partial charge on any atom is 0.295 e. The first-order valence-electron chi connectivity index (χ1n) is 7.23. The minimum atomic E-state index is -0.529. The molecule has 0 spiro atoms. The Kier molecular flexibility index (Phi) is 4.73. The van der Waals surface area contributed by atoms with Crippen molar-refractivity contribution in [3.8, 4) is 0 Å². The van der Waals surface area contributed by atoms with Gasteiger partial charge in [-0.1, -0.05) is 34.1 Å². The van der Waals surface area contributed by atoms with Crippen LogP contribution < -0.4 is 9.80 Å². The second kappa shape index (κ2) is 6.76. The Bertz CT molecular complexity index is 721. The summed E-state index contributed by atoms with van der Waals surface area (Å²) in [5.41, 5.74) is 1.54. The molecule has 0 saturated carbocycles. The lowest BCUT2D eigenvalue weighted by Crippen LogP contribution is -2.41. The van der Waals surface area contributed by atoms with Crippen molar-refractivity contribution in [3.05, 3.63) is 59.1 Å². The molecule has 23 heavy (non-hydrogen) atoms. The van der Waals surface area contributed by atoms with Crippen LogP contribution in [0.3, 0.4) is 0 Å². The highest BCUT2D eigenvalue weighted by molar-refractivity contribution is 9.10. The van der Waals surface area contributed by atoms with E-state index in [9.17, 15) is 9.59 Å². The third kappa shape index (κ3) is 3.14. The van der Waals surface area contributed by atoms with Crippen LogP contribution in [-0.2, 0) is 4.79 Å². The maximum atomic E-state index is 12.8. The molecular weight excluding hydrogens is 376 g/mol. The van der Waals surface area contributed by atoms with Crippen LogP contribution in [0.4, 0.5) is 16.2 Å². The van der Waals surface area contributed by atoms with Crippen LogP contribution in [0.25, 0.3) is 0 Å². The van der Waals surface area contributed by atoms with Crippen molar-refractivity contribution in [2.45, 2.75) is 12.3 Å². The average molecular weight is 391 g/mol. The zero-order valence-corrected chi connectivity index (χ0v) is 14.9. The summed E-state index contributed by atoms with van der Waals surface area (Å²) < 4.78 is 0.906. The molecule has 6 heteroatoms. The van der Waals surface area contributed by atoms with Crippen molar-refractivity contribution in [3.63, 3.8) is 0 Å². The van der Waals surface area contributed by atoms with Crippen molar-refractivity contribution in [1.82, 2.24) is 0 Å². The van der Waals surface area contributed by atoms with Gasteiger partial charge in [-0.3, -0.25) is 9.59 Å². The van der Waals surface area contributed by atoms with Crippen LogP contribution in [0.2, 0.25) is 0 Å². The number of thioether (sulfide) groups is 1. The van der Waals surface area contributed by atoms with Crippen LogP contribution in [0, 0.1) is 0 Å². The summed E-state index contributed by atoms with van der Waals surface area (Å²) >= 11 is 4.42. The van der Waals surface area contributed by atoms with Gasteiger partial charge in [0, 0.05) is 16.7 Å². The van der Waals surface area contributed by atoms with Gasteiger partial charge in [0.15, 0.2) is 5.37 Å². The quantitative estimate of drug-likeness (QED) is 0.770. The van der Waals surface area contributed by atoms with Crippen molar-refractivity contribution >= 4 is 50.2 Å². The Morgan fingerprint density at radius 2 is 1.74 bits per heavy atom. The summed E-state index contributed by atoms with van der Waals surface area (Å²) in [6.45, 7) is 2.63. The standard InChI is InChI=1S/C17H15BrN2O2S/c1-2-19(13-6-4-3-5-7-13)16-15(21)20(17(22)23-16)14-10-8-12(18)9-11-14/h3-11,16H,2H2,1H3/t16-/m0/s1. The smallest absolute Gasteiger partial charge is 0.295 e. The lowest BCUT2D eigenvalue weighted by molar-refractivity contribution is -0.117. The number of halogens is 1. The summed E-state index contributed by atoms with van der Waals surface area (Å²) in [7, 11) is 0. The fourth-order valence-corrected chi connectivity index (χ4v) is 3.88. The number of nitrogens with zero attached hydrogens (tertiary/aromatic N) is 2. The van der Waals surface area contributed by atoms with Gasteiger partial charge in [-0.15, -0.1) is 0 Å². The maximum absolute atomic E-state index is 12.8. The zero-order valence-electron chi connectivity index (χ0n) is 12.5. The third-order valence-corrected chi connectivity index (χ3v) is 5.22. The first-order valence-corrected chi connectivity index (χ1v) is 8.91. The monoisotopic (exact) mass is 390 g/mol.